The second-order valence-corrected chi connectivity index (χ2v) is 33.0. The van der Waals surface area contributed by atoms with Gasteiger partial charge in [-0.2, -0.15) is 0 Å². The van der Waals surface area contributed by atoms with Gasteiger partial charge in [-0.25, -0.2) is 69.4 Å². The fourth-order valence-electron chi connectivity index (χ4n) is 16.5. The van der Waals surface area contributed by atoms with E-state index >= 15 is 0 Å². The number of aromatic nitrogens is 18. The van der Waals surface area contributed by atoms with Crippen LogP contribution in [-0.4, -0.2) is 117 Å². The van der Waals surface area contributed by atoms with E-state index in [0.717, 1.165) is 67.3 Å². The maximum absolute atomic E-state index is 14.0. The molecule has 12 heterocycles. The first-order valence-electron chi connectivity index (χ1n) is 42.1. The fourth-order valence-corrected chi connectivity index (χ4v) is 16.5. The van der Waals surface area contributed by atoms with Crippen LogP contribution in [0.15, 0.2) is 274 Å². The Morgan fingerprint density at radius 2 is 0.659 bits per heavy atom. The number of benzene rings is 12. The molecule has 24 rings (SSSR count). The molecule has 0 aliphatic heterocycles. The number of nitrogens with zero attached hydrogens (tertiary/aromatic N) is 9. The van der Waals surface area contributed by atoms with E-state index in [4.69, 9.17) is 4.98 Å². The molecule has 0 saturated carbocycles. The first-order valence-corrected chi connectivity index (χ1v) is 42.1. The summed E-state index contributed by atoms with van der Waals surface area (Å²) in [4.78, 5) is 115. The van der Waals surface area contributed by atoms with Crippen LogP contribution in [0.5, 0.6) is 0 Å². The van der Waals surface area contributed by atoms with Crippen LogP contribution < -0.4 is 0 Å². The molecule has 12 aromatic heterocycles. The molecule has 24 aromatic rings. The second-order valence-electron chi connectivity index (χ2n) is 33.0. The van der Waals surface area contributed by atoms with E-state index in [0.29, 0.717) is 100 Å². The van der Waals surface area contributed by atoms with Crippen LogP contribution in [0.2, 0.25) is 0 Å². The minimum atomic E-state index is -0.484. The van der Waals surface area contributed by atoms with Crippen LogP contribution >= 0.6 is 0 Å². The molecule has 23 nitrogen and oxygen atoms in total. The summed E-state index contributed by atoms with van der Waals surface area (Å²) in [5.41, 5.74) is 13.0. The van der Waals surface area contributed by atoms with Gasteiger partial charge in [0.05, 0.1) is 116 Å². The van der Waals surface area contributed by atoms with Gasteiger partial charge < -0.3 is 58.6 Å². The molecule has 0 aliphatic rings. The summed E-state index contributed by atoms with van der Waals surface area (Å²) >= 11 is 0. The van der Waals surface area contributed by atoms with E-state index in [1.807, 2.05) is 85.1 Å². The van der Waals surface area contributed by atoms with Gasteiger partial charge in [0, 0.05) is 102 Å². The van der Waals surface area contributed by atoms with Gasteiger partial charge in [0.15, 0.2) is 34.9 Å². The maximum atomic E-state index is 14.0. The Hall–Kier alpha value is -17.6. The number of H-pyrrole nitrogens is 9. The van der Waals surface area contributed by atoms with E-state index in [2.05, 4.69) is 95.1 Å². The topological polar surface area (TPSA) is 320 Å². The van der Waals surface area contributed by atoms with Crippen molar-refractivity contribution in [3.63, 3.8) is 0 Å². The van der Waals surface area contributed by atoms with Gasteiger partial charge in [0.25, 0.3) is 0 Å². The molecule has 9 N–H and O–H groups in total. The number of carbonyl (C=O) groups excluding carboxylic acids is 5. The number of hydrogen-bond donors (Lipinski definition) is 9. The van der Waals surface area contributed by atoms with Crippen molar-refractivity contribution in [2.24, 2.45) is 19.5 Å². The normalized spacial score (nSPS) is 11.5. The van der Waals surface area contributed by atoms with Crippen molar-refractivity contribution in [3.05, 3.63) is 394 Å². The van der Waals surface area contributed by atoms with Crippen molar-refractivity contribution >= 4 is 161 Å². The molecule has 0 aliphatic carbocycles. The zero-order valence-corrected chi connectivity index (χ0v) is 71.9. The van der Waals surface area contributed by atoms with Gasteiger partial charge in [0.2, 0.25) is 28.9 Å². The molecule has 0 radical (unpaired) electrons. The largest absolute Gasteiger partial charge is 0.360 e. The van der Waals surface area contributed by atoms with Gasteiger partial charge >= 0.3 is 0 Å². The summed E-state index contributed by atoms with van der Waals surface area (Å²) in [5.74, 6) is -3.12. The van der Waals surface area contributed by atoms with Gasteiger partial charge in [-0.15, -0.1) is 0 Å². The fraction of sp³-hybridized carbons (Fsp3) is 0.0777. The number of halogens is 9. The van der Waals surface area contributed by atoms with Gasteiger partial charge in [-0.1, -0.05) is 130 Å². The van der Waals surface area contributed by atoms with Crippen LogP contribution in [0.4, 0.5) is 39.5 Å². The molecule has 0 bridgehead atoms. The minimum absolute atomic E-state index is 0.0149. The minimum Gasteiger partial charge on any atom is -0.360 e. The number of rotatable bonds is 13. The van der Waals surface area contributed by atoms with Crippen LogP contribution in [0, 0.1) is 57.8 Å². The Labute approximate surface area is 756 Å². The van der Waals surface area contributed by atoms with E-state index in [1.54, 1.807) is 90.1 Å². The molecule has 0 unspecified atom stereocenters. The Balaban J connectivity index is 0.000000104. The molecule has 0 atom stereocenters. The lowest BCUT2D eigenvalue weighted by Crippen LogP contribution is -2.17. The molecule has 0 fully saturated rings. The second kappa shape index (κ2) is 35.4. The average Bonchev–Trinajstić information content (AvgIpc) is 1.62. The highest BCUT2D eigenvalue weighted by atomic mass is 19.2. The summed E-state index contributed by atoms with van der Waals surface area (Å²) < 4.78 is 128. The number of imidazole rings is 6. The first-order chi connectivity index (χ1) is 65.1. The smallest absolute Gasteiger partial charge is 0.230 e. The summed E-state index contributed by atoms with van der Waals surface area (Å²) in [6.07, 6.45) is 10.0. The van der Waals surface area contributed by atoms with Crippen LogP contribution in [0.3, 0.4) is 0 Å². The highest BCUT2D eigenvalue weighted by Gasteiger charge is 2.28. The van der Waals surface area contributed by atoms with E-state index in [1.165, 1.54) is 122 Å². The zero-order valence-electron chi connectivity index (χ0n) is 71.9. The van der Waals surface area contributed by atoms with Crippen molar-refractivity contribution in [1.29, 1.82) is 0 Å². The SMILES string of the molecule is CC(C)(C)Cn1c(Cc2c[nH]c3c(F)cccc23)nc2ccc(F)cc21.Cn1c(C(=O)c2c[nH]c3c(F)cccc23)nc2c(F)cccc21.Cn1c(C(=O)c2c[nH]c3c(F)cccc23)nc2ccc(F)cc21.O=C(c1nc2ccc(F)cc2[nH]1)c1c[nH]c2c(F)cccc12.O=C(c1nc2ccccc2[nH]1)c1c[nH]c2c(F)cccc12.O=C(c1nc2ccccc2[nH]1)c1c[nH]c2ccccc12. The summed E-state index contributed by atoms with van der Waals surface area (Å²) in [7, 11) is 3.30. The number of nitrogens with one attached hydrogen (secondary N) is 9. The molecular formula is C103H73F9N18O5. The third-order valence-electron chi connectivity index (χ3n) is 23.0. The maximum Gasteiger partial charge on any atom is 0.230 e. The molecule has 0 saturated heterocycles. The number of hydrogen-bond acceptors (Lipinski definition) is 11. The number of fused-ring (bicyclic) bond motifs is 12. The Morgan fingerprint density at radius 1 is 0.304 bits per heavy atom. The van der Waals surface area contributed by atoms with E-state index < -0.39 is 34.9 Å². The van der Waals surface area contributed by atoms with Gasteiger partial charge in [-0.3, -0.25) is 24.0 Å². The zero-order chi connectivity index (χ0) is 93.9. The third-order valence-corrected chi connectivity index (χ3v) is 23.0. The van der Waals surface area contributed by atoms with Crippen molar-refractivity contribution in [1.82, 2.24) is 88.5 Å². The standard InChI is InChI=1S/C21H21F2N3.2C17H11F2N3O.C16H9F2N3O.C16H10FN3O.C16H11N3O/c1-21(2,3)12-26-18-10-14(22)7-8-17(18)25-19(26)9-13-11-24-20-15(13)5-4-6-16(20)23;1-22-13-7-3-6-12(19)15(13)21-17(22)16(23)10-8-20-14-9(10)4-2-5-11(14)18;1-22-14-7-9(18)5-6-13(14)21-17(22)16(23)11-8-20-15-10(11)3-2-4-12(15)19;17-8-4-5-12-13(6-8)21-16(20-12)15(22)10-7-19-14-9(10)2-1-3-11(14)18;17-11-5-3-4-9-10(8-18-14(9)11)15(21)16-19-12-6-1-2-7-13(12)20-16;20-15(11-9-17-12-6-2-1-5-10(11)12)16-18-13-7-3-4-8-14(13)19-16/h4-8,10-11,24H,9,12H2,1-3H3;2*2-8,20H,1H3;1-7,19H,(H,20,21);1-8,18H,(H,19,20);1-9,17H,(H,18,19). The van der Waals surface area contributed by atoms with Gasteiger partial charge in [0.1, 0.15) is 57.9 Å². The van der Waals surface area contributed by atoms with E-state index in [-0.39, 0.29) is 97.1 Å². The van der Waals surface area contributed by atoms with E-state index in [9.17, 15) is 63.5 Å². The Bertz CT molecular complexity index is 8750. The molecular weight excluding hydrogens is 1740 g/mol. The average molecular weight is 1810 g/mol. The van der Waals surface area contributed by atoms with Crippen molar-refractivity contribution < 1.29 is 63.5 Å². The number of ketones is 5. The molecule has 32 heteroatoms. The van der Waals surface area contributed by atoms with Crippen LogP contribution in [0.1, 0.15) is 113 Å². The first kappa shape index (κ1) is 86.8. The lowest BCUT2D eigenvalue weighted by atomic mass is 9.96. The van der Waals surface area contributed by atoms with Crippen molar-refractivity contribution in [2.45, 2.75) is 33.7 Å². The highest BCUT2D eigenvalue weighted by Crippen LogP contribution is 2.34. The molecule has 135 heavy (non-hydrogen) atoms. The lowest BCUT2D eigenvalue weighted by Gasteiger charge is -2.21. The quantitative estimate of drug-likeness (QED) is 0.0386. The molecule has 12 aromatic carbocycles. The van der Waals surface area contributed by atoms with Crippen molar-refractivity contribution in [3.8, 4) is 0 Å². The predicted octanol–water partition coefficient (Wildman–Crippen LogP) is 22.8. The summed E-state index contributed by atoms with van der Waals surface area (Å²) in [6.45, 7) is 7.15. The Kier molecular flexibility index (Phi) is 22.7. The molecule has 0 amide bonds. The third kappa shape index (κ3) is 16.8. The molecule has 668 valence electrons. The van der Waals surface area contributed by atoms with Gasteiger partial charge in [-0.05, 0) is 138 Å². The predicted molar refractivity (Wildman–Crippen MR) is 498 cm³/mol. The molecule has 0 spiro atoms. The van der Waals surface area contributed by atoms with Crippen LogP contribution in [0.25, 0.3) is 132 Å². The number of aryl methyl sites for hydroxylation is 2. The highest BCUT2D eigenvalue weighted by molar-refractivity contribution is 6.19. The van der Waals surface area contributed by atoms with Crippen LogP contribution in [-0.2, 0) is 27.1 Å². The summed E-state index contributed by atoms with van der Waals surface area (Å²) in [5, 5.41) is 3.77. The number of para-hydroxylation sites is 11. The number of carbonyl (C=O) groups is 5. The Morgan fingerprint density at radius 3 is 1.14 bits per heavy atom. The lowest BCUT2D eigenvalue weighted by molar-refractivity contribution is 0.102. The number of aromatic amines is 9. The van der Waals surface area contributed by atoms with Crippen molar-refractivity contribution in [2.75, 3.05) is 0 Å². The summed E-state index contributed by atoms with van der Waals surface area (Å²) in [6, 6.07) is 63.5. The monoisotopic (exact) mass is 1810 g/mol.